The number of carbonyl (C=O) groups is 1. The van der Waals surface area contributed by atoms with Gasteiger partial charge in [0.15, 0.2) is 0 Å². The molecule has 2 aromatic heterocycles. The number of hydrogen-bond acceptors (Lipinski definition) is 4. The van der Waals surface area contributed by atoms with Crippen LogP contribution in [0.5, 0.6) is 0 Å². The molecule has 6 nitrogen and oxygen atoms in total. The monoisotopic (exact) mass is 340 g/mol. The van der Waals surface area contributed by atoms with E-state index in [0.717, 1.165) is 54.1 Å². The van der Waals surface area contributed by atoms with E-state index in [1.165, 1.54) is 6.42 Å². The molecule has 2 atom stereocenters. The molecular weight excluding hydrogens is 316 g/mol. The Morgan fingerprint density at radius 2 is 2.04 bits per heavy atom. The quantitative estimate of drug-likeness (QED) is 0.875. The second-order valence-corrected chi connectivity index (χ2v) is 7.11. The van der Waals surface area contributed by atoms with Crippen molar-refractivity contribution in [2.75, 3.05) is 18.0 Å². The van der Waals surface area contributed by atoms with Crippen LogP contribution in [-0.4, -0.2) is 38.9 Å². The lowest BCUT2D eigenvalue weighted by atomic mass is 10.1. The van der Waals surface area contributed by atoms with E-state index in [1.54, 1.807) is 10.7 Å². The molecule has 4 rings (SSSR count). The van der Waals surface area contributed by atoms with Gasteiger partial charge in [-0.15, -0.1) is 0 Å². The van der Waals surface area contributed by atoms with Crippen molar-refractivity contribution >= 4 is 11.8 Å². The van der Waals surface area contributed by atoms with Gasteiger partial charge < -0.3 is 10.0 Å². The van der Waals surface area contributed by atoms with Crippen molar-refractivity contribution in [3.05, 3.63) is 40.8 Å². The van der Waals surface area contributed by atoms with Gasteiger partial charge in [-0.25, -0.2) is 9.78 Å². The summed E-state index contributed by atoms with van der Waals surface area (Å²) in [6.07, 6.45) is 2.88. The number of pyridine rings is 1. The Bertz CT molecular complexity index is 804. The van der Waals surface area contributed by atoms with Crippen molar-refractivity contribution in [1.82, 2.24) is 14.8 Å². The van der Waals surface area contributed by atoms with Gasteiger partial charge in [0.05, 0.1) is 5.69 Å². The van der Waals surface area contributed by atoms with E-state index >= 15 is 0 Å². The maximum atomic E-state index is 11.3. The average molecular weight is 340 g/mol. The van der Waals surface area contributed by atoms with Crippen LogP contribution in [0.4, 0.5) is 5.82 Å². The molecule has 6 heteroatoms. The summed E-state index contributed by atoms with van der Waals surface area (Å²) in [5, 5.41) is 13.7. The number of aryl methyl sites for hydroxylation is 2. The van der Waals surface area contributed by atoms with Crippen LogP contribution in [0.25, 0.3) is 0 Å². The van der Waals surface area contributed by atoms with E-state index in [4.69, 9.17) is 4.98 Å². The van der Waals surface area contributed by atoms with Crippen molar-refractivity contribution in [2.45, 2.75) is 39.7 Å². The third kappa shape index (κ3) is 3.01. The Balaban J connectivity index is 1.56. The number of aromatic nitrogens is 3. The molecule has 0 spiro atoms. The van der Waals surface area contributed by atoms with E-state index in [2.05, 4.69) is 29.1 Å². The Morgan fingerprint density at radius 3 is 2.64 bits per heavy atom. The van der Waals surface area contributed by atoms with Gasteiger partial charge in [0, 0.05) is 31.7 Å². The van der Waals surface area contributed by atoms with Crippen LogP contribution in [0, 0.1) is 11.8 Å². The molecule has 0 amide bonds. The van der Waals surface area contributed by atoms with Gasteiger partial charge >= 0.3 is 5.97 Å². The maximum absolute atomic E-state index is 11.3. The van der Waals surface area contributed by atoms with Crippen molar-refractivity contribution in [2.24, 2.45) is 11.8 Å². The van der Waals surface area contributed by atoms with Crippen LogP contribution in [0.15, 0.2) is 18.2 Å². The molecule has 1 N–H and O–H groups in total. The van der Waals surface area contributed by atoms with Gasteiger partial charge in [-0.2, -0.15) is 5.10 Å². The maximum Gasteiger partial charge on any atom is 0.354 e. The van der Waals surface area contributed by atoms with Crippen molar-refractivity contribution in [3.63, 3.8) is 0 Å². The van der Waals surface area contributed by atoms with Gasteiger partial charge in [-0.3, -0.25) is 4.68 Å². The highest BCUT2D eigenvalue weighted by atomic mass is 16.4. The molecule has 1 aliphatic heterocycles. The predicted molar refractivity (Wildman–Crippen MR) is 95.1 cm³/mol. The molecule has 2 aromatic rings. The minimum absolute atomic E-state index is 0.247. The lowest BCUT2D eigenvalue weighted by molar-refractivity contribution is 0.0683. The third-order valence-corrected chi connectivity index (χ3v) is 5.41. The molecule has 2 unspecified atom stereocenters. The number of aromatic carboxylic acids is 1. The largest absolute Gasteiger partial charge is 0.477 e. The first-order chi connectivity index (χ1) is 12.1. The smallest absolute Gasteiger partial charge is 0.354 e. The summed E-state index contributed by atoms with van der Waals surface area (Å²) >= 11 is 0. The van der Waals surface area contributed by atoms with Crippen LogP contribution in [0.1, 0.15) is 47.7 Å². The molecule has 132 valence electrons. The first-order valence-corrected chi connectivity index (χ1v) is 9.12. The molecule has 2 fully saturated rings. The summed E-state index contributed by atoms with van der Waals surface area (Å²) < 4.78 is 1.54. The lowest BCUT2D eigenvalue weighted by Crippen LogP contribution is -2.23. The second kappa shape index (κ2) is 6.17. The molecule has 0 radical (unpaired) electrons. The number of nitrogens with zero attached hydrogens (tertiary/aromatic N) is 4. The summed E-state index contributed by atoms with van der Waals surface area (Å²) in [6, 6.07) is 5.91. The normalized spacial score (nSPS) is 21.4. The van der Waals surface area contributed by atoms with Crippen LogP contribution in [-0.2, 0) is 19.4 Å². The summed E-state index contributed by atoms with van der Waals surface area (Å²) in [7, 11) is 0. The molecule has 1 saturated carbocycles. The minimum atomic E-state index is -0.933. The summed E-state index contributed by atoms with van der Waals surface area (Å²) in [6.45, 7) is 6.85. The zero-order chi connectivity index (χ0) is 17.6. The molecule has 25 heavy (non-hydrogen) atoms. The number of piperidine rings is 1. The Kier molecular flexibility index (Phi) is 3.98. The number of fused-ring (bicyclic) bond motifs is 1. The van der Waals surface area contributed by atoms with Gasteiger partial charge in [0.25, 0.3) is 0 Å². The fourth-order valence-electron chi connectivity index (χ4n) is 3.91. The molecule has 0 aromatic carbocycles. The van der Waals surface area contributed by atoms with Crippen LogP contribution in [0.3, 0.4) is 0 Å². The number of hydrogen-bond donors (Lipinski definition) is 1. The SMILES string of the molecule is CCc1nc(N2CC3CC3C2)ccc1Cc1cc(C(=O)O)n(CC)n1. The number of carboxylic acids is 1. The zero-order valence-electron chi connectivity index (χ0n) is 14.8. The fraction of sp³-hybridized carbons (Fsp3) is 0.526. The first-order valence-electron chi connectivity index (χ1n) is 9.12. The molecule has 3 heterocycles. The van der Waals surface area contributed by atoms with Crippen molar-refractivity contribution < 1.29 is 9.90 Å². The number of anilines is 1. The summed E-state index contributed by atoms with van der Waals surface area (Å²) in [4.78, 5) is 18.6. The van der Waals surface area contributed by atoms with E-state index in [0.29, 0.717) is 13.0 Å². The van der Waals surface area contributed by atoms with Gasteiger partial charge in [-0.1, -0.05) is 13.0 Å². The lowest BCUT2D eigenvalue weighted by Gasteiger charge is -2.20. The molecule has 1 saturated heterocycles. The highest BCUT2D eigenvalue weighted by molar-refractivity contribution is 5.85. The van der Waals surface area contributed by atoms with E-state index in [-0.39, 0.29) is 5.69 Å². The second-order valence-electron chi connectivity index (χ2n) is 7.11. The minimum Gasteiger partial charge on any atom is -0.477 e. The van der Waals surface area contributed by atoms with Crippen LogP contribution in [0.2, 0.25) is 0 Å². The molecule has 2 aliphatic rings. The zero-order valence-corrected chi connectivity index (χ0v) is 14.8. The highest BCUT2D eigenvalue weighted by Crippen LogP contribution is 2.46. The Morgan fingerprint density at radius 1 is 1.28 bits per heavy atom. The van der Waals surface area contributed by atoms with Crippen LogP contribution >= 0.6 is 0 Å². The predicted octanol–water partition coefficient (Wildman–Crippen LogP) is 2.61. The molecule has 0 bridgehead atoms. The first kappa shape index (κ1) is 16.1. The standard InChI is InChI=1S/C19H24N4O2/c1-3-16-12(8-15-9-17(19(24)25)23(4-2)21-15)5-6-18(20-16)22-10-13-7-14(13)11-22/h5-6,9,13-14H,3-4,7-8,10-11H2,1-2H3,(H,24,25). The van der Waals surface area contributed by atoms with Crippen molar-refractivity contribution in [1.29, 1.82) is 0 Å². The topological polar surface area (TPSA) is 71.2 Å². The summed E-state index contributed by atoms with van der Waals surface area (Å²) in [5.74, 6) is 1.92. The number of rotatable bonds is 6. The van der Waals surface area contributed by atoms with Gasteiger partial charge in [0.2, 0.25) is 0 Å². The highest BCUT2D eigenvalue weighted by Gasteiger charge is 2.45. The third-order valence-electron chi connectivity index (χ3n) is 5.41. The summed E-state index contributed by atoms with van der Waals surface area (Å²) in [5.41, 5.74) is 3.25. The average Bonchev–Trinajstić information content (AvgIpc) is 3.04. The Hall–Kier alpha value is -2.37. The van der Waals surface area contributed by atoms with E-state index in [9.17, 15) is 9.90 Å². The fourth-order valence-corrected chi connectivity index (χ4v) is 3.91. The van der Waals surface area contributed by atoms with E-state index < -0.39 is 5.97 Å². The number of carboxylic acid groups (broad SMARTS) is 1. The van der Waals surface area contributed by atoms with Crippen LogP contribution < -0.4 is 4.90 Å². The molecule has 1 aliphatic carbocycles. The molecular formula is C19H24N4O2. The van der Waals surface area contributed by atoms with Crippen molar-refractivity contribution in [3.8, 4) is 0 Å². The van der Waals surface area contributed by atoms with E-state index in [1.807, 2.05) is 6.92 Å². The Labute approximate surface area is 147 Å². The van der Waals surface area contributed by atoms with Gasteiger partial charge in [0.1, 0.15) is 11.5 Å². The van der Waals surface area contributed by atoms with Gasteiger partial charge in [-0.05, 0) is 49.3 Å².